The van der Waals surface area contributed by atoms with Crippen LogP contribution in [0, 0.1) is 6.92 Å². The number of urea groups is 1. The number of barbiturate groups is 1. The molecule has 9 nitrogen and oxygen atoms in total. The second-order valence-electron chi connectivity index (χ2n) is 7.54. The van der Waals surface area contributed by atoms with Crippen molar-refractivity contribution in [1.82, 2.24) is 5.32 Å². The maximum Gasteiger partial charge on any atom is 0.343 e. The van der Waals surface area contributed by atoms with E-state index in [1.54, 1.807) is 56.3 Å². The zero-order chi connectivity index (χ0) is 25.5. The van der Waals surface area contributed by atoms with Gasteiger partial charge in [-0.25, -0.2) is 14.5 Å². The number of amides is 4. The summed E-state index contributed by atoms with van der Waals surface area (Å²) in [6.45, 7) is 7.27. The summed E-state index contributed by atoms with van der Waals surface area (Å²) in [6.07, 6.45) is 3.39. The molecule has 0 radical (unpaired) electrons. The zero-order valence-corrected chi connectivity index (χ0v) is 19.8. The lowest BCUT2D eigenvalue weighted by Crippen LogP contribution is -2.54. The molecule has 0 aliphatic carbocycles. The fourth-order valence-corrected chi connectivity index (χ4v) is 3.55. The van der Waals surface area contributed by atoms with E-state index in [0.717, 1.165) is 4.90 Å². The van der Waals surface area contributed by atoms with E-state index in [-0.39, 0.29) is 12.2 Å². The molecular formula is C26H26N2O7. The number of imide groups is 2. The van der Waals surface area contributed by atoms with Gasteiger partial charge in [0.1, 0.15) is 5.57 Å². The molecule has 0 saturated carbocycles. The largest absolute Gasteiger partial charge is 0.490 e. The van der Waals surface area contributed by atoms with Crippen LogP contribution in [-0.2, 0) is 25.5 Å². The highest BCUT2D eigenvalue weighted by molar-refractivity contribution is 6.39. The topological polar surface area (TPSA) is 111 Å². The average Bonchev–Trinajstić information content (AvgIpc) is 2.82. The van der Waals surface area contributed by atoms with Gasteiger partial charge in [0, 0.05) is 5.56 Å². The number of para-hydroxylation sites is 1. The molecule has 0 spiro atoms. The zero-order valence-electron chi connectivity index (χ0n) is 19.8. The fraction of sp³-hybridized carbons (Fsp3) is 0.231. The number of anilines is 1. The number of aryl methyl sites for hydroxylation is 1. The molecule has 1 heterocycles. The van der Waals surface area contributed by atoms with Crippen molar-refractivity contribution in [2.75, 3.05) is 25.2 Å². The third-order valence-corrected chi connectivity index (χ3v) is 5.15. The first-order valence-electron chi connectivity index (χ1n) is 10.9. The van der Waals surface area contributed by atoms with Crippen molar-refractivity contribution in [3.8, 4) is 11.5 Å². The molecule has 1 aliphatic rings. The molecule has 1 fully saturated rings. The van der Waals surface area contributed by atoms with Crippen LogP contribution >= 0.6 is 0 Å². The van der Waals surface area contributed by atoms with Gasteiger partial charge in [-0.05, 0) is 55.7 Å². The first kappa shape index (κ1) is 25.2. The predicted octanol–water partition coefficient (Wildman–Crippen LogP) is 3.34. The Morgan fingerprint density at radius 2 is 1.89 bits per heavy atom. The molecular weight excluding hydrogens is 452 g/mol. The van der Waals surface area contributed by atoms with Crippen molar-refractivity contribution in [3.63, 3.8) is 0 Å². The lowest BCUT2D eigenvalue weighted by Gasteiger charge is -2.27. The number of carbonyl (C=O) groups excluding carboxylic acids is 4. The van der Waals surface area contributed by atoms with Crippen LogP contribution in [0.2, 0.25) is 0 Å². The summed E-state index contributed by atoms with van der Waals surface area (Å²) in [5.41, 5.74) is 1.94. The van der Waals surface area contributed by atoms with E-state index in [0.29, 0.717) is 46.9 Å². The van der Waals surface area contributed by atoms with E-state index < -0.39 is 23.8 Å². The standard InChI is InChI=1S/C26H26N2O7/c1-5-9-18-12-17(14-21(34-6-2)23(18)35-15-22(29)33-4)13-19-24(30)27-26(32)28(25(19)31)20-11-8-7-10-16(20)3/h5,7-8,10-14H,1,6,9,15H2,2-4H3,(H,27,30,32)/b19-13+. The van der Waals surface area contributed by atoms with Gasteiger partial charge in [0.15, 0.2) is 18.1 Å². The Hall–Kier alpha value is -4.40. The fourth-order valence-electron chi connectivity index (χ4n) is 3.55. The van der Waals surface area contributed by atoms with Crippen LogP contribution < -0.4 is 19.7 Å². The van der Waals surface area contributed by atoms with Crippen molar-refractivity contribution in [2.24, 2.45) is 0 Å². The highest BCUT2D eigenvalue weighted by Crippen LogP contribution is 2.35. The number of hydrogen-bond donors (Lipinski definition) is 1. The summed E-state index contributed by atoms with van der Waals surface area (Å²) in [6, 6.07) is 9.34. The summed E-state index contributed by atoms with van der Waals surface area (Å²) < 4.78 is 16.0. The Labute approximate surface area is 203 Å². The first-order valence-corrected chi connectivity index (χ1v) is 10.9. The van der Waals surface area contributed by atoms with Crippen LogP contribution in [-0.4, -0.2) is 44.1 Å². The summed E-state index contributed by atoms with van der Waals surface area (Å²) in [5, 5.41) is 2.22. The number of nitrogens with zero attached hydrogens (tertiary/aromatic N) is 1. The molecule has 3 rings (SSSR count). The van der Waals surface area contributed by atoms with Crippen LogP contribution in [0.4, 0.5) is 10.5 Å². The summed E-state index contributed by atoms with van der Waals surface area (Å²) in [7, 11) is 1.26. The summed E-state index contributed by atoms with van der Waals surface area (Å²) in [5.74, 6) is -1.47. The number of rotatable bonds is 9. The number of esters is 1. The molecule has 9 heteroatoms. The normalized spacial score (nSPS) is 14.5. The van der Waals surface area contributed by atoms with E-state index in [1.807, 2.05) is 0 Å². The Morgan fingerprint density at radius 1 is 1.14 bits per heavy atom. The van der Waals surface area contributed by atoms with Gasteiger partial charge >= 0.3 is 12.0 Å². The number of hydrogen-bond acceptors (Lipinski definition) is 7. The van der Waals surface area contributed by atoms with Gasteiger partial charge in [-0.2, -0.15) is 0 Å². The molecule has 4 amide bonds. The third-order valence-electron chi connectivity index (χ3n) is 5.15. The molecule has 35 heavy (non-hydrogen) atoms. The second-order valence-corrected chi connectivity index (χ2v) is 7.54. The highest BCUT2D eigenvalue weighted by atomic mass is 16.6. The number of allylic oxidation sites excluding steroid dienone is 1. The van der Waals surface area contributed by atoms with Crippen molar-refractivity contribution < 1.29 is 33.4 Å². The minimum absolute atomic E-state index is 0.219. The van der Waals surface area contributed by atoms with E-state index in [9.17, 15) is 19.2 Å². The molecule has 2 aromatic rings. The molecule has 1 N–H and O–H groups in total. The molecule has 0 bridgehead atoms. The summed E-state index contributed by atoms with van der Waals surface area (Å²) >= 11 is 0. The van der Waals surface area contributed by atoms with Gasteiger partial charge in [-0.1, -0.05) is 24.3 Å². The molecule has 1 saturated heterocycles. The smallest absolute Gasteiger partial charge is 0.343 e. The number of carbonyl (C=O) groups is 4. The van der Waals surface area contributed by atoms with Crippen LogP contribution in [0.15, 0.2) is 54.6 Å². The molecule has 1 aliphatic heterocycles. The minimum atomic E-state index is -0.819. The predicted molar refractivity (Wildman–Crippen MR) is 129 cm³/mol. The molecule has 0 atom stereocenters. The Bertz CT molecular complexity index is 1220. The second kappa shape index (κ2) is 11.1. The number of benzene rings is 2. The number of nitrogens with one attached hydrogen (secondary N) is 1. The van der Waals surface area contributed by atoms with Gasteiger partial charge < -0.3 is 14.2 Å². The molecule has 2 aromatic carbocycles. The van der Waals surface area contributed by atoms with Crippen LogP contribution in [0.3, 0.4) is 0 Å². The quantitative estimate of drug-likeness (QED) is 0.255. The summed E-state index contributed by atoms with van der Waals surface area (Å²) in [4.78, 5) is 50.9. The van der Waals surface area contributed by atoms with Crippen LogP contribution in [0.1, 0.15) is 23.6 Å². The van der Waals surface area contributed by atoms with E-state index >= 15 is 0 Å². The SMILES string of the molecule is C=CCc1cc(/C=C2\C(=O)NC(=O)N(c3ccccc3C)C2=O)cc(OCC)c1OCC(=O)OC. The lowest BCUT2D eigenvalue weighted by molar-refractivity contribution is -0.143. The highest BCUT2D eigenvalue weighted by Gasteiger charge is 2.37. The third kappa shape index (κ3) is 5.57. The molecule has 182 valence electrons. The van der Waals surface area contributed by atoms with E-state index in [1.165, 1.54) is 13.2 Å². The average molecular weight is 479 g/mol. The first-order chi connectivity index (χ1) is 16.8. The van der Waals surface area contributed by atoms with Crippen molar-refractivity contribution >= 4 is 35.6 Å². The van der Waals surface area contributed by atoms with Gasteiger partial charge in [0.2, 0.25) is 0 Å². The van der Waals surface area contributed by atoms with Gasteiger partial charge in [-0.15, -0.1) is 6.58 Å². The molecule has 0 aromatic heterocycles. The van der Waals surface area contributed by atoms with Crippen molar-refractivity contribution in [3.05, 3.63) is 71.3 Å². The minimum Gasteiger partial charge on any atom is -0.490 e. The Morgan fingerprint density at radius 3 is 2.54 bits per heavy atom. The van der Waals surface area contributed by atoms with E-state index in [2.05, 4.69) is 16.6 Å². The van der Waals surface area contributed by atoms with Gasteiger partial charge in [-0.3, -0.25) is 14.9 Å². The maximum atomic E-state index is 13.3. The number of methoxy groups -OCH3 is 1. The number of ether oxygens (including phenoxy) is 3. The van der Waals surface area contributed by atoms with Crippen LogP contribution in [0.25, 0.3) is 6.08 Å². The maximum absolute atomic E-state index is 13.3. The van der Waals surface area contributed by atoms with Gasteiger partial charge in [0.25, 0.3) is 11.8 Å². The van der Waals surface area contributed by atoms with Crippen molar-refractivity contribution in [2.45, 2.75) is 20.3 Å². The van der Waals surface area contributed by atoms with Gasteiger partial charge in [0.05, 0.1) is 19.4 Å². The Balaban J connectivity index is 2.07. The lowest BCUT2D eigenvalue weighted by atomic mass is 10.0. The van der Waals surface area contributed by atoms with E-state index in [4.69, 9.17) is 9.47 Å². The van der Waals surface area contributed by atoms with Crippen molar-refractivity contribution in [1.29, 1.82) is 0 Å². The Kier molecular flexibility index (Phi) is 8.04. The van der Waals surface area contributed by atoms with Crippen LogP contribution in [0.5, 0.6) is 11.5 Å². The molecule has 0 unspecified atom stereocenters. The monoisotopic (exact) mass is 478 g/mol.